The van der Waals surface area contributed by atoms with E-state index in [0.717, 1.165) is 13.0 Å². The van der Waals surface area contributed by atoms with Gasteiger partial charge in [0, 0.05) is 30.3 Å². The molecule has 0 atom stereocenters. The number of nitrogen functional groups attached to an aromatic ring is 1. The number of hydrazine groups is 1. The van der Waals surface area contributed by atoms with Gasteiger partial charge in [-0.25, -0.2) is 19.2 Å². The summed E-state index contributed by atoms with van der Waals surface area (Å²) < 4.78 is 27.5. The van der Waals surface area contributed by atoms with Gasteiger partial charge >= 0.3 is 0 Å². The minimum atomic E-state index is -3.60. The molecular formula is C11H18BrN5O2S. The minimum Gasteiger partial charge on any atom is -0.307 e. The first-order chi connectivity index (χ1) is 9.45. The highest BCUT2D eigenvalue weighted by Gasteiger charge is 2.29. The molecule has 20 heavy (non-hydrogen) atoms. The summed E-state index contributed by atoms with van der Waals surface area (Å²) in [6, 6.07) is 1.52. The van der Waals surface area contributed by atoms with Gasteiger partial charge in [0.1, 0.15) is 4.90 Å². The lowest BCUT2D eigenvalue weighted by Gasteiger charge is -2.21. The third-order valence-corrected chi connectivity index (χ3v) is 5.60. The third-order valence-electron chi connectivity index (χ3n) is 3.25. The van der Waals surface area contributed by atoms with Gasteiger partial charge in [0.15, 0.2) is 5.82 Å². The number of sulfonamides is 1. The summed E-state index contributed by atoms with van der Waals surface area (Å²) >= 11 is 3.24. The molecule has 3 N–H and O–H groups in total. The number of nitrogens with two attached hydrogens (primary N) is 1. The van der Waals surface area contributed by atoms with Crippen LogP contribution in [-0.2, 0) is 10.0 Å². The van der Waals surface area contributed by atoms with E-state index < -0.39 is 10.0 Å². The van der Waals surface area contributed by atoms with Gasteiger partial charge in [-0.2, -0.15) is 4.31 Å². The van der Waals surface area contributed by atoms with Crippen molar-refractivity contribution in [2.24, 2.45) is 5.84 Å². The highest BCUT2D eigenvalue weighted by atomic mass is 79.9. The van der Waals surface area contributed by atoms with Crippen molar-refractivity contribution in [3.8, 4) is 0 Å². The Morgan fingerprint density at radius 2 is 2.10 bits per heavy atom. The van der Waals surface area contributed by atoms with E-state index in [1.165, 1.54) is 16.6 Å². The largest absolute Gasteiger partial charge is 0.307 e. The van der Waals surface area contributed by atoms with Crippen LogP contribution in [0.15, 0.2) is 21.6 Å². The first kappa shape index (κ1) is 15.6. The summed E-state index contributed by atoms with van der Waals surface area (Å²) in [5.74, 6) is 5.52. The summed E-state index contributed by atoms with van der Waals surface area (Å²) in [5, 5.41) is 0. The van der Waals surface area contributed by atoms with Gasteiger partial charge in [0.25, 0.3) is 0 Å². The molecule has 112 valence electrons. The molecule has 1 fully saturated rings. The average Bonchev–Trinajstić information content (AvgIpc) is 2.64. The van der Waals surface area contributed by atoms with E-state index in [-0.39, 0.29) is 10.7 Å². The molecule has 0 radical (unpaired) electrons. The van der Waals surface area contributed by atoms with Crippen LogP contribution in [0.4, 0.5) is 5.82 Å². The Kier molecular flexibility index (Phi) is 4.97. The van der Waals surface area contributed by atoms with Crippen molar-refractivity contribution in [3.05, 3.63) is 16.7 Å². The smallest absolute Gasteiger partial charge is 0.246 e. The van der Waals surface area contributed by atoms with Gasteiger partial charge in [0.05, 0.1) is 0 Å². The Labute approximate surface area is 127 Å². The van der Waals surface area contributed by atoms with Crippen LogP contribution in [0.1, 0.15) is 6.42 Å². The Morgan fingerprint density at radius 1 is 1.35 bits per heavy atom. The predicted octanol–water partition coefficient (Wildman–Crippen LogP) is 0.456. The van der Waals surface area contributed by atoms with E-state index in [4.69, 9.17) is 5.84 Å². The number of aromatic nitrogens is 1. The Hall–Kier alpha value is -0.740. The Bertz CT molecular complexity index is 580. The molecule has 0 aromatic carbocycles. The number of hydrogen-bond donors (Lipinski definition) is 2. The van der Waals surface area contributed by atoms with E-state index in [2.05, 4.69) is 31.2 Å². The van der Waals surface area contributed by atoms with Crippen molar-refractivity contribution in [3.63, 3.8) is 0 Å². The van der Waals surface area contributed by atoms with Crippen molar-refractivity contribution < 1.29 is 8.42 Å². The number of nitrogens with one attached hydrogen (secondary N) is 1. The highest BCUT2D eigenvalue weighted by molar-refractivity contribution is 9.10. The van der Waals surface area contributed by atoms with Crippen LogP contribution in [0.25, 0.3) is 0 Å². The van der Waals surface area contributed by atoms with E-state index >= 15 is 0 Å². The zero-order chi connectivity index (χ0) is 14.8. The van der Waals surface area contributed by atoms with E-state index in [1.807, 2.05) is 7.05 Å². The normalized spacial score (nSPS) is 18.8. The van der Waals surface area contributed by atoms with Crippen molar-refractivity contribution in [1.29, 1.82) is 0 Å². The number of nitrogens with zero attached hydrogens (tertiary/aromatic N) is 3. The average molecular weight is 364 g/mol. The topological polar surface area (TPSA) is 91.6 Å². The Morgan fingerprint density at radius 3 is 2.80 bits per heavy atom. The molecular weight excluding hydrogens is 346 g/mol. The molecule has 0 amide bonds. The molecule has 1 aliphatic rings. The summed E-state index contributed by atoms with van der Waals surface area (Å²) in [7, 11) is -1.61. The summed E-state index contributed by atoms with van der Waals surface area (Å²) in [6.45, 7) is 2.58. The SMILES string of the molecule is CN1CCCN(S(=O)(=O)c2cc(Br)cnc2NN)CC1. The number of hydrogen-bond acceptors (Lipinski definition) is 6. The van der Waals surface area contributed by atoms with Crippen LogP contribution in [0.2, 0.25) is 0 Å². The van der Waals surface area contributed by atoms with Gasteiger partial charge in [0.2, 0.25) is 10.0 Å². The van der Waals surface area contributed by atoms with Crippen molar-refractivity contribution >= 4 is 31.8 Å². The van der Waals surface area contributed by atoms with Gasteiger partial charge in [-0.1, -0.05) is 0 Å². The zero-order valence-electron chi connectivity index (χ0n) is 11.2. The van der Waals surface area contributed by atoms with Crippen LogP contribution in [0.5, 0.6) is 0 Å². The fourth-order valence-electron chi connectivity index (χ4n) is 2.13. The van der Waals surface area contributed by atoms with Crippen LogP contribution >= 0.6 is 15.9 Å². The third kappa shape index (κ3) is 3.29. The number of pyridine rings is 1. The molecule has 1 aromatic rings. The first-order valence-corrected chi connectivity index (χ1v) is 8.49. The molecule has 1 saturated heterocycles. The van der Waals surface area contributed by atoms with Crippen LogP contribution in [-0.4, -0.2) is 55.8 Å². The second kappa shape index (κ2) is 6.35. The van der Waals surface area contributed by atoms with Gasteiger partial charge in [-0.05, 0) is 42.0 Å². The summed E-state index contributed by atoms with van der Waals surface area (Å²) in [5.41, 5.74) is 2.34. The minimum absolute atomic E-state index is 0.0962. The molecule has 7 nitrogen and oxygen atoms in total. The van der Waals surface area contributed by atoms with E-state index in [9.17, 15) is 8.42 Å². The maximum atomic E-state index is 12.7. The zero-order valence-corrected chi connectivity index (χ0v) is 13.6. The molecule has 1 aliphatic heterocycles. The van der Waals surface area contributed by atoms with Crippen molar-refractivity contribution in [1.82, 2.24) is 14.2 Å². The summed E-state index contributed by atoms with van der Waals surface area (Å²) in [6.07, 6.45) is 2.31. The standard InChI is InChI=1S/C11H18BrN5O2S/c1-16-3-2-4-17(6-5-16)20(18,19)10-7-9(12)8-14-11(10)15-13/h7-8H,2-6,13H2,1H3,(H,14,15). The molecule has 0 spiro atoms. The lowest BCUT2D eigenvalue weighted by atomic mass is 10.4. The lowest BCUT2D eigenvalue weighted by Crippen LogP contribution is -2.35. The van der Waals surface area contributed by atoms with Crippen molar-refractivity contribution in [2.45, 2.75) is 11.3 Å². The van der Waals surface area contributed by atoms with Crippen LogP contribution < -0.4 is 11.3 Å². The monoisotopic (exact) mass is 363 g/mol. The second-order valence-corrected chi connectivity index (χ2v) is 7.53. The highest BCUT2D eigenvalue weighted by Crippen LogP contribution is 2.26. The number of likely N-dealkylation sites (N-methyl/N-ethyl adjacent to an activating group) is 1. The quantitative estimate of drug-likeness (QED) is 0.598. The first-order valence-electron chi connectivity index (χ1n) is 6.26. The van der Waals surface area contributed by atoms with Gasteiger partial charge in [-0.15, -0.1) is 0 Å². The van der Waals surface area contributed by atoms with E-state index in [0.29, 0.717) is 24.1 Å². The van der Waals surface area contributed by atoms with Crippen LogP contribution in [0.3, 0.4) is 0 Å². The van der Waals surface area contributed by atoms with Crippen molar-refractivity contribution in [2.75, 3.05) is 38.7 Å². The Balaban J connectivity index is 2.36. The predicted molar refractivity (Wildman–Crippen MR) is 80.6 cm³/mol. The van der Waals surface area contributed by atoms with E-state index in [1.54, 1.807) is 0 Å². The maximum absolute atomic E-state index is 12.7. The molecule has 0 saturated carbocycles. The number of halogens is 1. The summed E-state index contributed by atoms with van der Waals surface area (Å²) in [4.78, 5) is 6.22. The lowest BCUT2D eigenvalue weighted by molar-refractivity contribution is 0.347. The number of anilines is 1. The molecule has 1 aromatic heterocycles. The molecule has 9 heteroatoms. The number of rotatable bonds is 3. The molecule has 0 unspecified atom stereocenters. The fourth-order valence-corrected chi connectivity index (χ4v) is 4.21. The second-order valence-electron chi connectivity index (χ2n) is 4.71. The molecule has 0 aliphatic carbocycles. The molecule has 0 bridgehead atoms. The van der Waals surface area contributed by atoms with Gasteiger partial charge in [-0.3, -0.25) is 0 Å². The maximum Gasteiger partial charge on any atom is 0.246 e. The van der Waals surface area contributed by atoms with Gasteiger partial charge < -0.3 is 10.3 Å². The molecule has 2 heterocycles. The molecule has 2 rings (SSSR count). The van der Waals surface area contributed by atoms with Crippen LogP contribution in [0, 0.1) is 0 Å². The fraction of sp³-hybridized carbons (Fsp3) is 0.545.